The Hall–Kier alpha value is -10.2. The Kier molecular flexibility index (Phi) is 41.2. The number of carbonyl (C=O) groups is 16. The number of hydrogen-bond acceptors (Lipinski definition) is 25. The van der Waals surface area contributed by atoms with Crippen LogP contribution in [0.1, 0.15) is 200 Å². The highest BCUT2D eigenvalue weighted by Crippen LogP contribution is 2.27. The number of carbonyl (C=O) groups excluding carboxylic acids is 16. The molecule has 0 aromatic heterocycles. The molecule has 0 radical (unpaired) electrons. The first-order chi connectivity index (χ1) is 54.0. The number of esters is 2. The van der Waals surface area contributed by atoms with Gasteiger partial charge >= 0.3 is 36.3 Å². The third kappa shape index (κ3) is 39.0. The molecule has 14 atom stereocenters. The highest BCUT2D eigenvalue weighted by Gasteiger charge is 2.44. The van der Waals surface area contributed by atoms with Gasteiger partial charge in [-0.15, -0.1) is 0 Å². The molecule has 3 rings (SSSR count). The molecule has 18 N–H and O–H groups in total. The number of alkyl carbamates (subject to hydrolysis) is 4. The van der Waals surface area contributed by atoms with Gasteiger partial charge in [0, 0.05) is 52.0 Å². The van der Waals surface area contributed by atoms with E-state index in [1.807, 2.05) is 6.92 Å². The Labute approximate surface area is 677 Å². The molecule has 2 aliphatic rings. The summed E-state index contributed by atoms with van der Waals surface area (Å²) in [5.74, 6) is -15.2. The van der Waals surface area contributed by atoms with Crippen molar-refractivity contribution in [3.63, 3.8) is 0 Å². The molecule has 2 fully saturated rings. The summed E-state index contributed by atoms with van der Waals surface area (Å²) in [5.41, 5.74) is 2.25. The summed E-state index contributed by atoms with van der Waals surface area (Å²) in [5, 5.41) is 57.5. The monoisotopic (exact) mass is 1650 g/mol. The lowest BCUT2D eigenvalue weighted by molar-refractivity contribution is -0.164. The van der Waals surface area contributed by atoms with Crippen LogP contribution in [0.25, 0.3) is 0 Å². The minimum absolute atomic E-state index is 0.0302. The minimum atomic E-state index is -1.99. The number of ether oxygens (including phenoxy) is 6. The summed E-state index contributed by atoms with van der Waals surface area (Å²) < 4.78 is 32.5. The second-order valence-corrected chi connectivity index (χ2v) is 33.0. The molecule has 0 bridgehead atoms. The van der Waals surface area contributed by atoms with Crippen LogP contribution in [0.3, 0.4) is 0 Å². The summed E-state index contributed by atoms with van der Waals surface area (Å²) >= 11 is 0. The lowest BCUT2D eigenvalue weighted by atomic mass is 10.00. The van der Waals surface area contributed by atoms with E-state index in [2.05, 4.69) is 74.4 Å². The zero-order valence-electron chi connectivity index (χ0n) is 69.9. The Bertz CT molecular complexity index is 3480. The van der Waals surface area contributed by atoms with E-state index in [0.717, 1.165) is 26.7 Å². The van der Waals surface area contributed by atoms with Crippen LogP contribution in [-0.4, -0.2) is 246 Å². The molecule has 14 amide bonds. The summed E-state index contributed by atoms with van der Waals surface area (Å²) in [6, 6.07) is -7.94. The van der Waals surface area contributed by atoms with E-state index in [1.165, 1.54) is 0 Å². The van der Waals surface area contributed by atoms with Gasteiger partial charge < -0.3 is 119 Å². The number of cyclic esters (lactones) is 1. The maximum Gasteiger partial charge on any atom is 0.407 e. The van der Waals surface area contributed by atoms with Gasteiger partial charge in [0.25, 0.3) is 5.91 Å². The highest BCUT2D eigenvalue weighted by atomic mass is 16.6. The summed E-state index contributed by atoms with van der Waals surface area (Å²) in [6.45, 7) is 24.0. The Morgan fingerprint density at radius 1 is 0.534 bits per heavy atom. The lowest BCUT2D eigenvalue weighted by Crippen LogP contribution is -2.62. The van der Waals surface area contributed by atoms with E-state index in [0.29, 0.717) is 18.4 Å². The first-order valence-electron chi connectivity index (χ1n) is 39.4. The van der Waals surface area contributed by atoms with Gasteiger partial charge in [0.2, 0.25) is 53.2 Å². The maximum atomic E-state index is 15.3. The predicted molar refractivity (Wildman–Crippen MR) is 419 cm³/mol. The molecule has 1 aromatic carbocycles. The van der Waals surface area contributed by atoms with Crippen molar-refractivity contribution in [2.24, 2.45) is 17.6 Å². The smallest absolute Gasteiger partial charge is 0.407 e. The fraction of sp³-hybridized carbons (Fsp3) is 0.714. The zero-order valence-corrected chi connectivity index (χ0v) is 69.9. The average Bonchev–Trinajstić information content (AvgIpc) is 1.59. The van der Waals surface area contributed by atoms with E-state index < -0.39 is 261 Å². The van der Waals surface area contributed by atoms with Gasteiger partial charge in [-0.1, -0.05) is 63.9 Å². The lowest BCUT2D eigenvalue weighted by Gasteiger charge is -2.29. The van der Waals surface area contributed by atoms with Crippen LogP contribution in [0.4, 0.5) is 19.2 Å². The van der Waals surface area contributed by atoms with Gasteiger partial charge in [-0.05, 0) is 166 Å². The third-order valence-corrected chi connectivity index (χ3v) is 17.1. The highest BCUT2D eigenvalue weighted by molar-refractivity contribution is 6.00. The molecule has 4 unspecified atom stereocenters. The van der Waals surface area contributed by atoms with Crippen molar-refractivity contribution in [2.75, 3.05) is 39.3 Å². The fourth-order valence-electron chi connectivity index (χ4n) is 11.6. The number of amides is 14. The van der Waals surface area contributed by atoms with Crippen LogP contribution in [0.15, 0.2) is 30.3 Å². The van der Waals surface area contributed by atoms with Gasteiger partial charge in [-0.25, -0.2) is 19.2 Å². The molecule has 654 valence electrons. The molecule has 0 spiro atoms. The molecule has 1 aromatic rings. The van der Waals surface area contributed by atoms with Crippen molar-refractivity contribution >= 4 is 95.4 Å². The number of aliphatic hydroxyl groups is 2. The number of aliphatic hydroxyl groups excluding tert-OH is 2. The second kappa shape index (κ2) is 47.8. The zero-order chi connectivity index (χ0) is 87.6. The quantitative estimate of drug-likeness (QED) is 0.0200. The molecule has 39 heteroatoms. The van der Waals surface area contributed by atoms with E-state index in [9.17, 15) is 67.7 Å². The summed E-state index contributed by atoms with van der Waals surface area (Å²) in [4.78, 5) is 227. The van der Waals surface area contributed by atoms with Crippen LogP contribution < -0.4 is 80.2 Å². The van der Waals surface area contributed by atoms with E-state index in [1.54, 1.807) is 127 Å². The third-order valence-electron chi connectivity index (χ3n) is 17.1. The average molecular weight is 1650 g/mol. The van der Waals surface area contributed by atoms with Gasteiger partial charge in [0.05, 0.1) is 12.2 Å². The normalized spacial score (nSPS) is 21.8. The van der Waals surface area contributed by atoms with Crippen molar-refractivity contribution < 1.29 is 115 Å². The van der Waals surface area contributed by atoms with Crippen LogP contribution in [0.5, 0.6) is 0 Å². The molecule has 116 heavy (non-hydrogen) atoms. The predicted octanol–water partition coefficient (Wildman–Crippen LogP) is 0.352. The number of hydrogen-bond donors (Lipinski definition) is 17. The molecular formula is C77H127N15O24. The second-order valence-electron chi connectivity index (χ2n) is 33.0. The number of unbranched alkanes of at least 4 members (excludes halogenated alkanes) is 2. The molecule has 2 aliphatic heterocycles. The number of nitrogens with one attached hydrogen (secondary N) is 14. The van der Waals surface area contributed by atoms with Crippen LogP contribution in [0, 0.1) is 11.8 Å². The van der Waals surface area contributed by atoms with E-state index >= 15 is 19.2 Å². The van der Waals surface area contributed by atoms with Crippen molar-refractivity contribution in [3.8, 4) is 0 Å². The fourth-order valence-corrected chi connectivity index (χ4v) is 11.6. The molecule has 0 aliphatic carbocycles. The number of rotatable bonds is 32. The van der Waals surface area contributed by atoms with Crippen LogP contribution in [-0.2, 0) is 92.4 Å². The van der Waals surface area contributed by atoms with Crippen molar-refractivity contribution in [2.45, 2.75) is 302 Å². The Balaban J connectivity index is 2.36. The standard InChI is InChI=1S/C77H127N15O24/c1-18-19-21-26-46-41-47(68(105)111-46)69(106)112-55(27-33-78)65(102)92-57(44(5)94)67(104)88-51(31-37-82-72(109)115-76(12,13)14)60(97)84-48-28-34-79-66(103)56(43(4)93)91-62(99)52(32-38-83-73(110)116-77(15,16)17)86-59(96)49(29-35-80-70(107)113-74(6,7)8)87-63(100)53(39-42(2)3)89-64(101)54(40-45-24-22-20-23-25-45)90-61(98)50(85-58(48)95)30-36-81-71(108)114-75(9,10)11/h20,22-25,42-44,46-57,93-94H,18-19,21,26-41,78H2,1-17H3,(H,79,103)(H,80,107)(H,81,108)(H,82,109)(H,83,110)(H,84,97)(H,85,95)(H,86,96)(H,87,100)(H,88,104)(H,89,101)(H,90,98)(H,91,99)(H,92,102)/t43?,44?,46?,47?,48-,49-,50-,51-,52-,53-,54+,55-,56-,57-/m0/s1. The SMILES string of the molecule is CCCCCC1CC(C(=O)O[C@@H](CCN)C(=O)N[C@H](C(=O)N[C@@H](CCNC(=O)OC(C)(C)C)C(=O)N[C@H]2CCNC(=O)[C@H](C(C)O)NC(=O)[C@H](CCNC(=O)OC(C)(C)C)NC(=O)[C@H](CCNC(=O)OC(C)(C)C)NC(=O)[C@H](CC(C)C)NC(=O)[C@@H](Cc3ccccc3)NC(=O)[C@H](CCNC(=O)OC(C)(C)C)NC2=O)C(C)O)C(=O)O1. The summed E-state index contributed by atoms with van der Waals surface area (Å²) in [6.07, 6.45) is -10.2. The van der Waals surface area contributed by atoms with Gasteiger partial charge in [0.15, 0.2) is 12.0 Å². The summed E-state index contributed by atoms with van der Waals surface area (Å²) in [7, 11) is 0. The largest absolute Gasteiger partial charge is 0.462 e. The molecular weight excluding hydrogens is 1520 g/mol. The van der Waals surface area contributed by atoms with Crippen LogP contribution in [0.2, 0.25) is 0 Å². The number of benzene rings is 1. The molecule has 2 saturated heterocycles. The van der Waals surface area contributed by atoms with Gasteiger partial charge in [0.1, 0.15) is 82.9 Å². The molecule has 2 heterocycles. The van der Waals surface area contributed by atoms with E-state index in [-0.39, 0.29) is 44.7 Å². The van der Waals surface area contributed by atoms with Crippen molar-refractivity contribution in [3.05, 3.63) is 35.9 Å². The number of nitrogens with two attached hydrogens (primary N) is 1. The van der Waals surface area contributed by atoms with Crippen molar-refractivity contribution in [1.82, 2.24) is 74.4 Å². The Morgan fingerprint density at radius 2 is 0.983 bits per heavy atom. The van der Waals surface area contributed by atoms with Gasteiger partial charge in [-0.2, -0.15) is 0 Å². The topological polar surface area (TPSA) is 563 Å². The van der Waals surface area contributed by atoms with Crippen LogP contribution >= 0.6 is 0 Å². The molecule has 39 nitrogen and oxygen atoms in total. The van der Waals surface area contributed by atoms with Crippen molar-refractivity contribution in [1.29, 1.82) is 0 Å². The molecule has 0 saturated carbocycles. The Morgan fingerprint density at radius 3 is 1.44 bits per heavy atom. The first kappa shape index (κ1) is 100. The maximum absolute atomic E-state index is 15.3. The minimum Gasteiger partial charge on any atom is -0.462 e. The first-order valence-corrected chi connectivity index (χ1v) is 39.4. The van der Waals surface area contributed by atoms with E-state index in [4.69, 9.17) is 34.2 Å². The van der Waals surface area contributed by atoms with Gasteiger partial charge in [-0.3, -0.25) is 57.5 Å².